The number of nitrogens with one attached hydrogen (secondary N) is 2. The molecule has 0 aliphatic carbocycles. The van der Waals surface area contributed by atoms with Crippen LogP contribution in [0, 0.1) is 11.8 Å². The van der Waals surface area contributed by atoms with E-state index in [1.54, 1.807) is 33.5 Å². The third kappa shape index (κ3) is 8.92. The summed E-state index contributed by atoms with van der Waals surface area (Å²) in [5, 5.41) is 6.17. The number of fused-ring (bicyclic) bond motifs is 1. The Morgan fingerprint density at radius 1 is 0.930 bits per heavy atom. The van der Waals surface area contributed by atoms with E-state index in [1.165, 1.54) is 0 Å². The molecule has 1 heterocycles. The molecule has 0 fully saturated rings. The molecule has 2 aromatic carbocycles. The molecule has 2 N–H and O–H groups in total. The molecule has 3 aromatic rings. The number of benzene rings is 2. The highest BCUT2D eigenvalue weighted by Crippen LogP contribution is 2.40. The number of amides is 2. The van der Waals surface area contributed by atoms with Crippen molar-refractivity contribution in [3.63, 3.8) is 0 Å². The number of hydrogen-bond acceptors (Lipinski definition) is 8. The molecule has 0 bridgehead atoms. The molecular formula is C32H47N5O6. The number of anilines is 2. The number of imidazole rings is 1. The van der Waals surface area contributed by atoms with Crippen LogP contribution in [0.3, 0.4) is 0 Å². The quantitative estimate of drug-likeness (QED) is 0.243. The van der Waals surface area contributed by atoms with Gasteiger partial charge >= 0.3 is 6.09 Å². The zero-order valence-electron chi connectivity index (χ0n) is 27.2. The fraction of sp³-hybridized carbons (Fsp3) is 0.531. The van der Waals surface area contributed by atoms with E-state index in [2.05, 4.69) is 38.3 Å². The molecule has 0 saturated carbocycles. The average Bonchev–Trinajstić information content (AvgIpc) is 3.25. The summed E-state index contributed by atoms with van der Waals surface area (Å²) in [5.74, 6) is 2.63. The van der Waals surface area contributed by atoms with E-state index in [1.807, 2.05) is 48.4 Å². The fourth-order valence-electron chi connectivity index (χ4n) is 4.76. The van der Waals surface area contributed by atoms with Crippen LogP contribution < -0.4 is 24.8 Å². The summed E-state index contributed by atoms with van der Waals surface area (Å²) < 4.78 is 23.8. The van der Waals surface area contributed by atoms with E-state index in [4.69, 9.17) is 23.9 Å². The third-order valence-corrected chi connectivity index (χ3v) is 6.38. The standard InChI is InChI=1S/C32H47N5O6/c1-20(2)18-36(19-21(3)4)29(38)22-11-12-25-24(15-22)35-30(37(25)14-13-33-31(39)43-32(5,6)7)34-23-16-26(40-8)28(42-10)27(17-23)41-9/h11-12,15-17,20-21H,13-14,18-19H2,1-10H3,(H,33,39)(H,34,35). The summed E-state index contributed by atoms with van der Waals surface area (Å²) in [6.07, 6.45) is -0.501. The number of hydrogen-bond donors (Lipinski definition) is 2. The minimum absolute atomic E-state index is 0.0235. The van der Waals surface area contributed by atoms with Crippen LogP contribution in [0.2, 0.25) is 0 Å². The van der Waals surface area contributed by atoms with Gasteiger partial charge in [-0.05, 0) is 50.8 Å². The van der Waals surface area contributed by atoms with Crippen molar-refractivity contribution in [3.05, 3.63) is 35.9 Å². The topological polar surface area (TPSA) is 116 Å². The SMILES string of the molecule is COc1cc(Nc2nc3cc(C(=O)N(CC(C)C)CC(C)C)ccc3n2CCNC(=O)OC(C)(C)C)cc(OC)c1OC. The summed E-state index contributed by atoms with van der Waals surface area (Å²) >= 11 is 0. The summed E-state index contributed by atoms with van der Waals surface area (Å²) in [6, 6.07) is 9.13. The number of ether oxygens (including phenoxy) is 4. The molecule has 236 valence electrons. The van der Waals surface area contributed by atoms with Gasteiger partial charge in [-0.1, -0.05) is 27.7 Å². The lowest BCUT2D eigenvalue weighted by atomic mass is 10.1. The molecule has 0 spiro atoms. The van der Waals surface area contributed by atoms with Crippen LogP contribution in [0.25, 0.3) is 11.0 Å². The molecule has 3 rings (SSSR count). The van der Waals surface area contributed by atoms with Crippen molar-refractivity contribution in [3.8, 4) is 17.2 Å². The maximum absolute atomic E-state index is 13.6. The van der Waals surface area contributed by atoms with Crippen LogP contribution in [0.15, 0.2) is 30.3 Å². The van der Waals surface area contributed by atoms with Crippen molar-refractivity contribution in [2.75, 3.05) is 46.3 Å². The Morgan fingerprint density at radius 3 is 2.05 bits per heavy atom. The Bertz CT molecular complexity index is 1370. The second-order valence-corrected chi connectivity index (χ2v) is 12.3. The molecule has 0 atom stereocenters. The normalized spacial score (nSPS) is 11.5. The number of rotatable bonds is 13. The van der Waals surface area contributed by atoms with Crippen LogP contribution in [0.5, 0.6) is 17.2 Å². The zero-order chi connectivity index (χ0) is 31.9. The Labute approximate surface area is 254 Å². The molecule has 0 aliphatic heterocycles. The highest BCUT2D eigenvalue weighted by molar-refractivity contribution is 5.98. The Kier molecular flexibility index (Phi) is 11.1. The van der Waals surface area contributed by atoms with Gasteiger partial charge in [0.25, 0.3) is 5.91 Å². The summed E-state index contributed by atoms with van der Waals surface area (Å²) in [6.45, 7) is 15.9. The van der Waals surface area contributed by atoms with Gasteiger partial charge in [-0.2, -0.15) is 0 Å². The first-order valence-electron chi connectivity index (χ1n) is 14.6. The molecule has 0 saturated heterocycles. The van der Waals surface area contributed by atoms with Crippen LogP contribution in [-0.2, 0) is 11.3 Å². The van der Waals surface area contributed by atoms with Gasteiger partial charge in [0.05, 0.1) is 32.4 Å². The summed E-state index contributed by atoms with van der Waals surface area (Å²) in [4.78, 5) is 32.7. The molecule has 2 amide bonds. The minimum Gasteiger partial charge on any atom is -0.493 e. The number of nitrogens with zero attached hydrogens (tertiary/aromatic N) is 3. The van der Waals surface area contributed by atoms with E-state index in [0.29, 0.717) is 78.0 Å². The molecule has 11 heteroatoms. The maximum Gasteiger partial charge on any atom is 0.407 e. The van der Waals surface area contributed by atoms with Gasteiger partial charge in [0.15, 0.2) is 11.5 Å². The number of methoxy groups -OCH3 is 3. The van der Waals surface area contributed by atoms with E-state index in [0.717, 1.165) is 5.52 Å². The zero-order valence-corrected chi connectivity index (χ0v) is 27.2. The van der Waals surface area contributed by atoms with Gasteiger partial charge in [0.1, 0.15) is 5.60 Å². The second-order valence-electron chi connectivity index (χ2n) is 12.3. The van der Waals surface area contributed by atoms with Crippen molar-refractivity contribution in [2.24, 2.45) is 11.8 Å². The lowest BCUT2D eigenvalue weighted by Gasteiger charge is -2.26. The predicted octanol–water partition coefficient (Wildman–Crippen LogP) is 6.08. The van der Waals surface area contributed by atoms with Crippen LogP contribution >= 0.6 is 0 Å². The number of alkyl carbamates (subject to hydrolysis) is 1. The van der Waals surface area contributed by atoms with Crippen molar-refractivity contribution < 1.29 is 28.5 Å². The van der Waals surface area contributed by atoms with E-state index < -0.39 is 11.7 Å². The van der Waals surface area contributed by atoms with Gasteiger partial charge in [-0.3, -0.25) is 4.79 Å². The molecule has 11 nitrogen and oxygen atoms in total. The van der Waals surface area contributed by atoms with E-state index >= 15 is 0 Å². The predicted molar refractivity (Wildman–Crippen MR) is 169 cm³/mol. The number of carbonyl (C=O) groups is 2. The second kappa shape index (κ2) is 14.3. The van der Waals surface area contributed by atoms with Gasteiger partial charge in [0, 0.05) is 49.6 Å². The van der Waals surface area contributed by atoms with Crippen LogP contribution in [0.4, 0.5) is 16.4 Å². The highest BCUT2D eigenvalue weighted by Gasteiger charge is 2.22. The Morgan fingerprint density at radius 2 is 1.53 bits per heavy atom. The molecule has 0 radical (unpaired) electrons. The maximum atomic E-state index is 13.6. The van der Waals surface area contributed by atoms with Crippen LogP contribution in [0.1, 0.15) is 58.8 Å². The smallest absolute Gasteiger partial charge is 0.407 e. The lowest BCUT2D eigenvalue weighted by molar-refractivity contribution is 0.0526. The van der Waals surface area contributed by atoms with Gasteiger partial charge in [0.2, 0.25) is 11.7 Å². The van der Waals surface area contributed by atoms with Crippen molar-refractivity contribution in [1.29, 1.82) is 0 Å². The lowest BCUT2D eigenvalue weighted by Crippen LogP contribution is -2.37. The average molecular weight is 598 g/mol. The first-order chi connectivity index (χ1) is 20.3. The van der Waals surface area contributed by atoms with E-state index in [9.17, 15) is 9.59 Å². The monoisotopic (exact) mass is 597 g/mol. The van der Waals surface area contributed by atoms with Gasteiger partial charge < -0.3 is 39.0 Å². The van der Waals surface area contributed by atoms with Gasteiger partial charge in [-0.25, -0.2) is 9.78 Å². The summed E-state index contributed by atoms with van der Waals surface area (Å²) in [7, 11) is 4.66. The number of carbonyl (C=O) groups excluding carboxylic acids is 2. The van der Waals surface area contributed by atoms with Crippen molar-refractivity contribution in [1.82, 2.24) is 19.8 Å². The van der Waals surface area contributed by atoms with Crippen molar-refractivity contribution >= 4 is 34.7 Å². The third-order valence-electron chi connectivity index (χ3n) is 6.38. The van der Waals surface area contributed by atoms with Crippen molar-refractivity contribution in [2.45, 2.75) is 60.6 Å². The molecule has 43 heavy (non-hydrogen) atoms. The molecular weight excluding hydrogens is 550 g/mol. The fourth-order valence-corrected chi connectivity index (χ4v) is 4.76. The summed E-state index contributed by atoms with van der Waals surface area (Å²) in [5.41, 5.74) is 2.07. The first-order valence-corrected chi connectivity index (χ1v) is 14.6. The molecule has 0 aliphatic rings. The Hall–Kier alpha value is -4.15. The molecule has 0 unspecified atom stereocenters. The van der Waals surface area contributed by atoms with Crippen LogP contribution in [-0.4, -0.2) is 73.0 Å². The first kappa shape index (κ1) is 33.4. The minimum atomic E-state index is -0.604. The van der Waals surface area contributed by atoms with E-state index in [-0.39, 0.29) is 5.91 Å². The Balaban J connectivity index is 2.02. The number of aromatic nitrogens is 2. The molecule has 1 aromatic heterocycles. The van der Waals surface area contributed by atoms with Gasteiger partial charge in [-0.15, -0.1) is 0 Å². The largest absolute Gasteiger partial charge is 0.493 e. The highest BCUT2D eigenvalue weighted by atomic mass is 16.6.